The Balaban J connectivity index is 2.86. The van der Waals surface area contributed by atoms with Crippen molar-refractivity contribution < 1.29 is 18.9 Å². The van der Waals surface area contributed by atoms with Gasteiger partial charge in [0.05, 0.1) is 28.1 Å². The quantitative estimate of drug-likeness (QED) is 0.673. The van der Waals surface area contributed by atoms with Gasteiger partial charge in [0.15, 0.2) is 11.5 Å². The van der Waals surface area contributed by atoms with Gasteiger partial charge in [-0.3, -0.25) is 4.90 Å². The molecular formula is C14H23NO4. The van der Waals surface area contributed by atoms with Crippen LogP contribution in [0.15, 0.2) is 12.1 Å². The zero-order chi connectivity index (χ0) is 14.3. The standard InChI is InChI=1S/C14H23NO4/c1-15(10-16-2)7-6-11-8-13(18-4)14(19-5)9-12(11)17-3/h8-9H,6-7,10H2,1-5H3. The molecule has 0 saturated carbocycles. The fraction of sp³-hybridized carbons (Fsp3) is 0.571. The highest BCUT2D eigenvalue weighted by molar-refractivity contribution is 5.50. The molecule has 5 heteroatoms. The summed E-state index contributed by atoms with van der Waals surface area (Å²) in [6.45, 7) is 1.48. The molecule has 0 bridgehead atoms. The Hall–Kier alpha value is -1.46. The van der Waals surface area contributed by atoms with Crippen LogP contribution in [-0.2, 0) is 11.2 Å². The summed E-state index contributed by atoms with van der Waals surface area (Å²) in [4.78, 5) is 2.09. The zero-order valence-electron chi connectivity index (χ0n) is 12.4. The Labute approximate surface area is 115 Å². The first-order valence-corrected chi connectivity index (χ1v) is 6.12. The molecule has 108 valence electrons. The third-order valence-electron chi connectivity index (χ3n) is 2.90. The topological polar surface area (TPSA) is 40.2 Å². The molecule has 0 saturated heterocycles. The average Bonchev–Trinajstić information content (AvgIpc) is 2.44. The molecule has 0 aromatic heterocycles. The lowest BCUT2D eigenvalue weighted by Crippen LogP contribution is -2.23. The van der Waals surface area contributed by atoms with Crippen molar-refractivity contribution in [1.29, 1.82) is 0 Å². The molecule has 0 aliphatic rings. The number of ether oxygens (including phenoxy) is 4. The van der Waals surface area contributed by atoms with Gasteiger partial charge in [-0.2, -0.15) is 0 Å². The summed E-state index contributed by atoms with van der Waals surface area (Å²) in [5.41, 5.74) is 1.09. The van der Waals surface area contributed by atoms with Crippen LogP contribution in [0.5, 0.6) is 17.2 Å². The molecule has 0 fully saturated rings. The number of benzene rings is 1. The van der Waals surface area contributed by atoms with E-state index in [-0.39, 0.29) is 0 Å². The molecule has 0 amide bonds. The van der Waals surface area contributed by atoms with Gasteiger partial charge in [-0.15, -0.1) is 0 Å². The van der Waals surface area contributed by atoms with E-state index in [1.807, 2.05) is 19.2 Å². The third kappa shape index (κ3) is 4.29. The summed E-state index contributed by atoms with van der Waals surface area (Å²) in [7, 11) is 8.60. The predicted molar refractivity (Wildman–Crippen MR) is 74.3 cm³/mol. The Bertz CT molecular complexity index is 395. The van der Waals surface area contributed by atoms with E-state index in [1.54, 1.807) is 28.4 Å². The van der Waals surface area contributed by atoms with Crippen molar-refractivity contribution in [2.24, 2.45) is 0 Å². The summed E-state index contributed by atoms with van der Waals surface area (Å²) >= 11 is 0. The van der Waals surface area contributed by atoms with E-state index in [0.717, 1.165) is 24.3 Å². The molecule has 5 nitrogen and oxygen atoms in total. The molecule has 0 spiro atoms. The van der Waals surface area contributed by atoms with Crippen LogP contribution in [-0.4, -0.2) is 53.7 Å². The average molecular weight is 269 g/mol. The number of methoxy groups -OCH3 is 4. The summed E-state index contributed by atoms with van der Waals surface area (Å²) in [6.07, 6.45) is 0.851. The van der Waals surface area contributed by atoms with Gasteiger partial charge >= 0.3 is 0 Å². The van der Waals surface area contributed by atoms with E-state index < -0.39 is 0 Å². The lowest BCUT2D eigenvalue weighted by molar-refractivity contribution is 0.0826. The van der Waals surface area contributed by atoms with E-state index in [2.05, 4.69) is 4.90 Å². The van der Waals surface area contributed by atoms with Crippen LogP contribution in [0.4, 0.5) is 0 Å². The highest BCUT2D eigenvalue weighted by atomic mass is 16.5. The Morgan fingerprint density at radius 3 is 2.00 bits per heavy atom. The largest absolute Gasteiger partial charge is 0.496 e. The summed E-state index contributed by atoms with van der Waals surface area (Å²) < 4.78 is 21.0. The molecule has 19 heavy (non-hydrogen) atoms. The second kappa shape index (κ2) is 7.86. The van der Waals surface area contributed by atoms with Gasteiger partial charge in [0.1, 0.15) is 5.75 Å². The molecule has 0 atom stereocenters. The first kappa shape index (κ1) is 15.6. The second-order valence-corrected chi connectivity index (χ2v) is 4.27. The summed E-state index contributed by atoms with van der Waals surface area (Å²) in [5.74, 6) is 2.20. The van der Waals surface area contributed by atoms with Gasteiger partial charge < -0.3 is 18.9 Å². The van der Waals surface area contributed by atoms with Gasteiger partial charge in [0.25, 0.3) is 0 Å². The SMILES string of the molecule is COCN(C)CCc1cc(OC)c(OC)cc1OC. The monoisotopic (exact) mass is 269 g/mol. The van der Waals surface area contributed by atoms with Crippen LogP contribution in [0.25, 0.3) is 0 Å². The summed E-state index contributed by atoms with van der Waals surface area (Å²) in [6, 6.07) is 3.81. The maximum atomic E-state index is 5.39. The molecule has 1 aromatic carbocycles. The highest BCUT2D eigenvalue weighted by Gasteiger charge is 2.12. The van der Waals surface area contributed by atoms with E-state index in [1.165, 1.54) is 0 Å². The minimum atomic E-state index is 0.607. The van der Waals surface area contributed by atoms with Crippen LogP contribution >= 0.6 is 0 Å². The maximum Gasteiger partial charge on any atom is 0.164 e. The fourth-order valence-electron chi connectivity index (χ4n) is 1.88. The normalized spacial score (nSPS) is 10.6. The molecule has 0 aliphatic heterocycles. The number of likely N-dealkylation sites (N-methyl/N-ethyl adjacent to an activating group) is 1. The Kier molecular flexibility index (Phi) is 6.45. The molecule has 0 radical (unpaired) electrons. The first-order valence-electron chi connectivity index (χ1n) is 6.12. The van der Waals surface area contributed by atoms with Gasteiger partial charge in [-0.1, -0.05) is 0 Å². The van der Waals surface area contributed by atoms with Gasteiger partial charge in [0.2, 0.25) is 0 Å². The van der Waals surface area contributed by atoms with Crippen molar-refractivity contribution in [3.05, 3.63) is 17.7 Å². The number of hydrogen-bond donors (Lipinski definition) is 0. The molecule has 0 heterocycles. The first-order chi connectivity index (χ1) is 9.15. The van der Waals surface area contributed by atoms with Crippen LogP contribution in [0, 0.1) is 0 Å². The number of rotatable bonds is 8. The second-order valence-electron chi connectivity index (χ2n) is 4.27. The van der Waals surface area contributed by atoms with Crippen molar-refractivity contribution >= 4 is 0 Å². The van der Waals surface area contributed by atoms with Crippen molar-refractivity contribution in [3.8, 4) is 17.2 Å². The van der Waals surface area contributed by atoms with Crippen LogP contribution in [0.2, 0.25) is 0 Å². The fourth-order valence-corrected chi connectivity index (χ4v) is 1.88. The van der Waals surface area contributed by atoms with Crippen molar-refractivity contribution in [2.45, 2.75) is 6.42 Å². The van der Waals surface area contributed by atoms with E-state index in [4.69, 9.17) is 18.9 Å². The maximum absolute atomic E-state index is 5.39. The third-order valence-corrected chi connectivity index (χ3v) is 2.90. The van der Waals surface area contributed by atoms with E-state index in [0.29, 0.717) is 18.2 Å². The van der Waals surface area contributed by atoms with Crippen LogP contribution in [0.3, 0.4) is 0 Å². The Morgan fingerprint density at radius 2 is 1.47 bits per heavy atom. The van der Waals surface area contributed by atoms with Crippen molar-refractivity contribution in [2.75, 3.05) is 48.8 Å². The molecule has 0 N–H and O–H groups in total. The molecule has 1 rings (SSSR count). The summed E-state index contributed by atoms with van der Waals surface area (Å²) in [5, 5.41) is 0. The zero-order valence-corrected chi connectivity index (χ0v) is 12.4. The van der Waals surface area contributed by atoms with Gasteiger partial charge in [-0.25, -0.2) is 0 Å². The van der Waals surface area contributed by atoms with Crippen molar-refractivity contribution in [3.63, 3.8) is 0 Å². The molecule has 1 aromatic rings. The molecule has 0 unspecified atom stereocenters. The van der Waals surface area contributed by atoms with Crippen LogP contribution in [0.1, 0.15) is 5.56 Å². The molecular weight excluding hydrogens is 246 g/mol. The van der Waals surface area contributed by atoms with Gasteiger partial charge in [0, 0.05) is 19.7 Å². The number of nitrogens with zero attached hydrogens (tertiary/aromatic N) is 1. The minimum Gasteiger partial charge on any atom is -0.496 e. The lowest BCUT2D eigenvalue weighted by atomic mass is 10.1. The highest BCUT2D eigenvalue weighted by Crippen LogP contribution is 2.34. The lowest BCUT2D eigenvalue weighted by Gasteiger charge is -2.18. The number of hydrogen-bond acceptors (Lipinski definition) is 5. The predicted octanol–water partition coefficient (Wildman–Crippen LogP) is 1.79. The Morgan fingerprint density at radius 1 is 0.895 bits per heavy atom. The molecule has 0 aliphatic carbocycles. The van der Waals surface area contributed by atoms with E-state index >= 15 is 0 Å². The van der Waals surface area contributed by atoms with Crippen LogP contribution < -0.4 is 14.2 Å². The van der Waals surface area contributed by atoms with E-state index in [9.17, 15) is 0 Å². The smallest absolute Gasteiger partial charge is 0.164 e. The van der Waals surface area contributed by atoms with Crippen molar-refractivity contribution in [1.82, 2.24) is 4.90 Å². The van der Waals surface area contributed by atoms with Gasteiger partial charge in [-0.05, 0) is 25.1 Å². The minimum absolute atomic E-state index is 0.607.